The van der Waals surface area contributed by atoms with Crippen molar-refractivity contribution in [3.8, 4) is 0 Å². The Kier molecular flexibility index (Phi) is 2.53. The van der Waals surface area contributed by atoms with Gasteiger partial charge in [0, 0.05) is 18.7 Å². The standard InChI is InChI=1S/C8H8N2O2/c1-6(12)10-8-2-7(5-11)3-9-4-8/h2-5H,1H3,(H,10,12). The van der Waals surface area contributed by atoms with E-state index in [1.165, 1.54) is 19.3 Å². The summed E-state index contributed by atoms with van der Waals surface area (Å²) >= 11 is 0. The Labute approximate surface area is 69.6 Å². The van der Waals surface area contributed by atoms with Crippen LogP contribution in [0.4, 0.5) is 5.69 Å². The fourth-order valence-electron chi connectivity index (χ4n) is 0.794. The van der Waals surface area contributed by atoms with Gasteiger partial charge in [0.1, 0.15) is 0 Å². The normalized spacial score (nSPS) is 9.08. The van der Waals surface area contributed by atoms with Gasteiger partial charge in [-0.1, -0.05) is 0 Å². The SMILES string of the molecule is CC(=O)Nc1cncc(C=O)c1. The molecule has 0 saturated heterocycles. The molecule has 1 rings (SSSR count). The van der Waals surface area contributed by atoms with Gasteiger partial charge in [0.25, 0.3) is 0 Å². The first-order valence-corrected chi connectivity index (χ1v) is 3.40. The molecule has 4 heteroatoms. The van der Waals surface area contributed by atoms with Crippen LogP contribution in [0.25, 0.3) is 0 Å². The Morgan fingerprint density at radius 1 is 1.58 bits per heavy atom. The number of anilines is 1. The lowest BCUT2D eigenvalue weighted by atomic mass is 10.3. The molecule has 0 aliphatic carbocycles. The zero-order chi connectivity index (χ0) is 8.97. The van der Waals surface area contributed by atoms with Crippen LogP contribution in [0.5, 0.6) is 0 Å². The van der Waals surface area contributed by atoms with Gasteiger partial charge in [-0.15, -0.1) is 0 Å². The first-order valence-electron chi connectivity index (χ1n) is 3.40. The van der Waals surface area contributed by atoms with E-state index < -0.39 is 0 Å². The van der Waals surface area contributed by atoms with E-state index >= 15 is 0 Å². The molecule has 0 spiro atoms. The van der Waals surface area contributed by atoms with Crippen molar-refractivity contribution in [3.63, 3.8) is 0 Å². The van der Waals surface area contributed by atoms with Gasteiger partial charge in [0.2, 0.25) is 5.91 Å². The van der Waals surface area contributed by atoms with Gasteiger partial charge < -0.3 is 5.32 Å². The van der Waals surface area contributed by atoms with E-state index in [4.69, 9.17) is 0 Å². The molecule has 0 aromatic carbocycles. The number of carbonyl (C=O) groups is 2. The molecule has 0 aliphatic heterocycles. The first kappa shape index (κ1) is 8.39. The van der Waals surface area contributed by atoms with Gasteiger partial charge in [0.05, 0.1) is 11.9 Å². The topological polar surface area (TPSA) is 59.1 Å². The Hall–Kier alpha value is -1.71. The van der Waals surface area contributed by atoms with E-state index in [2.05, 4.69) is 10.3 Å². The quantitative estimate of drug-likeness (QED) is 0.659. The molecule has 1 aromatic rings. The Balaban J connectivity index is 2.86. The van der Waals surface area contributed by atoms with Gasteiger partial charge in [-0.25, -0.2) is 0 Å². The minimum Gasteiger partial charge on any atom is -0.325 e. The highest BCUT2D eigenvalue weighted by Gasteiger charge is 1.96. The monoisotopic (exact) mass is 164 g/mol. The Morgan fingerprint density at radius 2 is 2.33 bits per heavy atom. The van der Waals surface area contributed by atoms with Crippen molar-refractivity contribution in [2.45, 2.75) is 6.92 Å². The number of aromatic nitrogens is 1. The summed E-state index contributed by atoms with van der Waals surface area (Å²) in [7, 11) is 0. The van der Waals surface area contributed by atoms with Crippen LogP contribution in [0.3, 0.4) is 0 Å². The Bertz CT molecular complexity index is 310. The highest BCUT2D eigenvalue weighted by Crippen LogP contribution is 2.05. The fraction of sp³-hybridized carbons (Fsp3) is 0.125. The maximum absolute atomic E-state index is 10.6. The number of amides is 1. The molecule has 1 N–H and O–H groups in total. The van der Waals surface area contributed by atoms with E-state index in [-0.39, 0.29) is 5.91 Å². The van der Waals surface area contributed by atoms with Crippen LogP contribution in [0, 0.1) is 0 Å². The van der Waals surface area contributed by atoms with Crippen LogP contribution in [-0.2, 0) is 4.79 Å². The molecule has 4 nitrogen and oxygen atoms in total. The summed E-state index contributed by atoms with van der Waals surface area (Å²) in [5.41, 5.74) is 0.980. The second kappa shape index (κ2) is 3.61. The largest absolute Gasteiger partial charge is 0.325 e. The third-order valence-corrected chi connectivity index (χ3v) is 1.22. The van der Waals surface area contributed by atoms with Crippen LogP contribution in [0.1, 0.15) is 17.3 Å². The van der Waals surface area contributed by atoms with E-state index in [0.29, 0.717) is 17.5 Å². The maximum Gasteiger partial charge on any atom is 0.221 e. The summed E-state index contributed by atoms with van der Waals surface area (Å²) in [6.07, 6.45) is 3.59. The van der Waals surface area contributed by atoms with Crippen LogP contribution < -0.4 is 5.32 Å². The number of rotatable bonds is 2. The van der Waals surface area contributed by atoms with E-state index in [9.17, 15) is 9.59 Å². The molecular formula is C8H8N2O2. The minimum absolute atomic E-state index is 0.181. The summed E-state index contributed by atoms with van der Waals surface area (Å²) in [4.78, 5) is 24.6. The van der Waals surface area contributed by atoms with Crippen molar-refractivity contribution < 1.29 is 9.59 Å². The fourth-order valence-corrected chi connectivity index (χ4v) is 0.794. The highest BCUT2D eigenvalue weighted by molar-refractivity contribution is 5.89. The zero-order valence-corrected chi connectivity index (χ0v) is 6.57. The molecule has 1 amide bonds. The third-order valence-electron chi connectivity index (χ3n) is 1.22. The lowest BCUT2D eigenvalue weighted by Crippen LogP contribution is -2.06. The van der Waals surface area contributed by atoms with Gasteiger partial charge in [0.15, 0.2) is 6.29 Å². The number of pyridine rings is 1. The van der Waals surface area contributed by atoms with Crippen molar-refractivity contribution in [2.75, 3.05) is 5.32 Å². The van der Waals surface area contributed by atoms with Crippen molar-refractivity contribution in [2.24, 2.45) is 0 Å². The summed E-state index contributed by atoms with van der Waals surface area (Å²) in [6.45, 7) is 1.40. The summed E-state index contributed by atoms with van der Waals surface area (Å²) < 4.78 is 0. The predicted molar refractivity (Wildman–Crippen MR) is 43.9 cm³/mol. The molecule has 0 fully saturated rings. The van der Waals surface area contributed by atoms with E-state index in [1.807, 2.05) is 0 Å². The van der Waals surface area contributed by atoms with Gasteiger partial charge in [-0.05, 0) is 6.07 Å². The van der Waals surface area contributed by atoms with Crippen molar-refractivity contribution in [1.29, 1.82) is 0 Å². The van der Waals surface area contributed by atoms with Crippen molar-refractivity contribution >= 4 is 17.9 Å². The van der Waals surface area contributed by atoms with E-state index in [0.717, 1.165) is 0 Å². The van der Waals surface area contributed by atoms with E-state index in [1.54, 1.807) is 6.07 Å². The Morgan fingerprint density at radius 3 is 2.92 bits per heavy atom. The molecule has 0 radical (unpaired) electrons. The summed E-state index contributed by atoms with van der Waals surface area (Å²) in [6, 6.07) is 1.56. The molecule has 12 heavy (non-hydrogen) atoms. The minimum atomic E-state index is -0.181. The van der Waals surface area contributed by atoms with Gasteiger partial charge in [-0.3, -0.25) is 14.6 Å². The third kappa shape index (κ3) is 2.16. The van der Waals surface area contributed by atoms with Gasteiger partial charge in [-0.2, -0.15) is 0 Å². The second-order valence-electron chi connectivity index (χ2n) is 2.31. The predicted octanol–water partition coefficient (Wildman–Crippen LogP) is 0.852. The smallest absolute Gasteiger partial charge is 0.221 e. The first-order chi connectivity index (χ1) is 5.72. The number of hydrogen-bond acceptors (Lipinski definition) is 3. The number of nitrogens with zero attached hydrogens (tertiary/aromatic N) is 1. The van der Waals surface area contributed by atoms with Crippen LogP contribution in [0.2, 0.25) is 0 Å². The molecule has 0 aliphatic rings. The molecule has 1 heterocycles. The van der Waals surface area contributed by atoms with Gasteiger partial charge >= 0.3 is 0 Å². The summed E-state index contributed by atoms with van der Waals surface area (Å²) in [5.74, 6) is -0.181. The molecular weight excluding hydrogens is 156 g/mol. The average molecular weight is 164 g/mol. The molecule has 1 aromatic heterocycles. The maximum atomic E-state index is 10.6. The molecule has 0 unspecified atom stereocenters. The zero-order valence-electron chi connectivity index (χ0n) is 6.57. The summed E-state index contributed by atoms with van der Waals surface area (Å²) in [5, 5.41) is 2.52. The lowest BCUT2D eigenvalue weighted by Gasteiger charge is -1.99. The van der Waals surface area contributed by atoms with Crippen molar-refractivity contribution in [3.05, 3.63) is 24.0 Å². The molecule has 0 bridgehead atoms. The number of hydrogen-bond donors (Lipinski definition) is 1. The van der Waals surface area contributed by atoms with Crippen LogP contribution in [0.15, 0.2) is 18.5 Å². The number of carbonyl (C=O) groups excluding carboxylic acids is 2. The highest BCUT2D eigenvalue weighted by atomic mass is 16.1. The van der Waals surface area contributed by atoms with Crippen LogP contribution in [-0.4, -0.2) is 17.2 Å². The molecule has 62 valence electrons. The number of nitrogens with one attached hydrogen (secondary N) is 1. The second-order valence-corrected chi connectivity index (χ2v) is 2.31. The van der Waals surface area contributed by atoms with Crippen molar-refractivity contribution in [1.82, 2.24) is 4.98 Å². The van der Waals surface area contributed by atoms with Crippen LogP contribution >= 0.6 is 0 Å². The lowest BCUT2D eigenvalue weighted by molar-refractivity contribution is -0.114. The molecule has 0 saturated carbocycles. The average Bonchev–Trinajstić information content (AvgIpc) is 2.03. The number of aldehydes is 1. The molecule has 0 atom stereocenters.